The van der Waals surface area contributed by atoms with Crippen LogP contribution in [-0.4, -0.2) is 7.05 Å². The molecular formula is C22H29N. The van der Waals surface area contributed by atoms with Gasteiger partial charge in [-0.15, -0.1) is 6.58 Å². The summed E-state index contributed by atoms with van der Waals surface area (Å²) in [6, 6.07) is 4.96. The highest BCUT2D eigenvalue weighted by Gasteiger charge is 2.30. The highest BCUT2D eigenvalue weighted by molar-refractivity contribution is 5.78. The first kappa shape index (κ1) is 16.1. The van der Waals surface area contributed by atoms with Gasteiger partial charge in [-0.1, -0.05) is 44.7 Å². The van der Waals surface area contributed by atoms with Crippen molar-refractivity contribution < 1.29 is 0 Å². The third-order valence-electron chi connectivity index (χ3n) is 5.52. The summed E-state index contributed by atoms with van der Waals surface area (Å²) >= 11 is 0. The zero-order valence-corrected chi connectivity index (χ0v) is 14.8. The Morgan fingerprint density at radius 1 is 1.30 bits per heavy atom. The summed E-state index contributed by atoms with van der Waals surface area (Å²) in [5, 5.41) is 3.29. The predicted octanol–water partition coefficient (Wildman–Crippen LogP) is 5.24. The van der Waals surface area contributed by atoms with Crippen molar-refractivity contribution >= 4 is 5.57 Å². The Morgan fingerprint density at radius 2 is 2.00 bits per heavy atom. The van der Waals surface area contributed by atoms with Crippen LogP contribution in [0.25, 0.3) is 5.57 Å². The molecule has 2 aliphatic rings. The summed E-state index contributed by atoms with van der Waals surface area (Å²) in [6.07, 6.45) is 9.05. The Balaban J connectivity index is 1.99. The quantitative estimate of drug-likeness (QED) is 0.709. The zero-order chi connectivity index (χ0) is 16.6. The number of fused-ring (bicyclic) bond motifs is 2. The smallest absolute Gasteiger partial charge is 0.0237 e. The fourth-order valence-electron chi connectivity index (χ4n) is 4.27. The first-order valence-corrected chi connectivity index (χ1v) is 8.90. The molecule has 1 heteroatoms. The highest BCUT2D eigenvalue weighted by atomic mass is 14.8. The molecule has 3 unspecified atom stereocenters. The third-order valence-corrected chi connectivity index (χ3v) is 5.52. The van der Waals surface area contributed by atoms with E-state index in [0.29, 0.717) is 11.8 Å². The van der Waals surface area contributed by atoms with Gasteiger partial charge in [-0.25, -0.2) is 0 Å². The van der Waals surface area contributed by atoms with Crippen LogP contribution in [0.5, 0.6) is 0 Å². The van der Waals surface area contributed by atoms with E-state index in [-0.39, 0.29) is 0 Å². The van der Waals surface area contributed by atoms with Crippen molar-refractivity contribution in [3.05, 3.63) is 65.4 Å². The molecular weight excluding hydrogens is 278 g/mol. The summed E-state index contributed by atoms with van der Waals surface area (Å²) in [7, 11) is 1.98. The lowest BCUT2D eigenvalue weighted by molar-refractivity contribution is 0.627. The van der Waals surface area contributed by atoms with Crippen LogP contribution in [0.4, 0.5) is 0 Å². The number of allylic oxidation sites excluding steroid dienone is 3. The Bertz CT molecular complexity index is 665. The first-order valence-electron chi connectivity index (χ1n) is 8.90. The molecule has 1 aromatic rings. The fraction of sp³-hybridized carbons (Fsp3) is 0.455. The largest absolute Gasteiger partial charge is 0.391 e. The van der Waals surface area contributed by atoms with Crippen LogP contribution in [-0.2, 0) is 12.8 Å². The first-order chi connectivity index (χ1) is 11.0. The Hall–Kier alpha value is -1.76. The lowest BCUT2D eigenvalue weighted by Crippen LogP contribution is -2.16. The van der Waals surface area contributed by atoms with Gasteiger partial charge in [0.25, 0.3) is 0 Å². The van der Waals surface area contributed by atoms with Crippen LogP contribution >= 0.6 is 0 Å². The van der Waals surface area contributed by atoms with Gasteiger partial charge in [0.1, 0.15) is 0 Å². The monoisotopic (exact) mass is 307 g/mol. The molecule has 0 saturated carbocycles. The number of hydrogen-bond acceptors (Lipinski definition) is 1. The van der Waals surface area contributed by atoms with Crippen molar-refractivity contribution in [2.45, 2.75) is 45.4 Å². The minimum absolute atomic E-state index is 0.374. The predicted molar refractivity (Wildman–Crippen MR) is 101 cm³/mol. The van der Waals surface area contributed by atoms with Crippen LogP contribution in [0.3, 0.4) is 0 Å². The SMILES string of the molecule is C=CCCC(C(=C)NC)C1=CC(C)c2cc3c(cc21)CC(C)C3. The summed E-state index contributed by atoms with van der Waals surface area (Å²) in [6.45, 7) is 12.8. The van der Waals surface area contributed by atoms with E-state index in [0.717, 1.165) is 24.5 Å². The maximum atomic E-state index is 4.27. The molecule has 122 valence electrons. The lowest BCUT2D eigenvalue weighted by atomic mass is 9.86. The number of nitrogens with one attached hydrogen (secondary N) is 1. The second-order valence-electron chi connectivity index (χ2n) is 7.33. The summed E-state index contributed by atoms with van der Waals surface area (Å²) in [4.78, 5) is 0. The zero-order valence-electron chi connectivity index (χ0n) is 14.8. The van der Waals surface area contributed by atoms with Gasteiger partial charge in [0, 0.05) is 24.6 Å². The van der Waals surface area contributed by atoms with E-state index >= 15 is 0 Å². The number of rotatable bonds is 6. The number of benzene rings is 1. The van der Waals surface area contributed by atoms with Gasteiger partial charge in [-0.05, 0) is 59.4 Å². The van der Waals surface area contributed by atoms with Crippen LogP contribution in [0.1, 0.15) is 54.9 Å². The molecule has 1 N–H and O–H groups in total. The van der Waals surface area contributed by atoms with Crippen molar-refractivity contribution in [2.75, 3.05) is 7.05 Å². The van der Waals surface area contributed by atoms with E-state index in [1.165, 1.54) is 29.5 Å². The molecule has 3 rings (SSSR count). The standard InChI is InChI=1S/C22H29N/c1-6-7-8-19(16(4)23-5)21-11-15(3)20-12-17-9-14(2)10-18(17)13-22(20)21/h6,11-15,19,23H,1,4,7-10H2,2-3,5H3. The van der Waals surface area contributed by atoms with E-state index < -0.39 is 0 Å². The molecule has 0 radical (unpaired) electrons. The van der Waals surface area contributed by atoms with E-state index in [2.05, 4.69) is 50.5 Å². The van der Waals surface area contributed by atoms with Gasteiger partial charge in [0.2, 0.25) is 0 Å². The molecule has 3 atom stereocenters. The fourth-order valence-corrected chi connectivity index (χ4v) is 4.27. The van der Waals surface area contributed by atoms with E-state index in [9.17, 15) is 0 Å². The van der Waals surface area contributed by atoms with Crippen LogP contribution in [0.15, 0.2) is 43.1 Å². The average Bonchev–Trinajstić information content (AvgIpc) is 3.04. The van der Waals surface area contributed by atoms with Gasteiger partial charge in [0.05, 0.1) is 0 Å². The van der Waals surface area contributed by atoms with E-state index in [1.807, 2.05) is 13.1 Å². The summed E-state index contributed by atoms with van der Waals surface area (Å²) in [5.41, 5.74) is 8.71. The van der Waals surface area contributed by atoms with Crippen molar-refractivity contribution in [1.29, 1.82) is 0 Å². The van der Waals surface area contributed by atoms with E-state index in [1.54, 1.807) is 11.1 Å². The van der Waals surface area contributed by atoms with Crippen LogP contribution in [0.2, 0.25) is 0 Å². The van der Waals surface area contributed by atoms with Gasteiger partial charge >= 0.3 is 0 Å². The molecule has 0 fully saturated rings. The molecule has 0 aliphatic heterocycles. The molecule has 0 amide bonds. The van der Waals surface area contributed by atoms with Crippen molar-refractivity contribution in [2.24, 2.45) is 11.8 Å². The van der Waals surface area contributed by atoms with Gasteiger partial charge in [0.15, 0.2) is 0 Å². The Morgan fingerprint density at radius 3 is 2.65 bits per heavy atom. The molecule has 23 heavy (non-hydrogen) atoms. The molecule has 2 aliphatic carbocycles. The summed E-state index contributed by atoms with van der Waals surface area (Å²) in [5.74, 6) is 1.68. The van der Waals surface area contributed by atoms with Crippen LogP contribution < -0.4 is 5.32 Å². The van der Waals surface area contributed by atoms with Gasteiger partial charge in [-0.2, -0.15) is 0 Å². The molecule has 0 saturated heterocycles. The van der Waals surface area contributed by atoms with Crippen LogP contribution in [0, 0.1) is 11.8 Å². The van der Waals surface area contributed by atoms with Crippen molar-refractivity contribution in [3.8, 4) is 0 Å². The van der Waals surface area contributed by atoms with Crippen molar-refractivity contribution in [1.82, 2.24) is 5.32 Å². The Kier molecular flexibility index (Phi) is 4.48. The average molecular weight is 307 g/mol. The molecule has 1 nitrogen and oxygen atoms in total. The Labute approximate surface area is 141 Å². The number of hydrogen-bond donors (Lipinski definition) is 1. The minimum atomic E-state index is 0.374. The van der Waals surface area contributed by atoms with Crippen molar-refractivity contribution in [3.63, 3.8) is 0 Å². The van der Waals surface area contributed by atoms with Gasteiger partial charge < -0.3 is 5.32 Å². The maximum absolute atomic E-state index is 4.27. The lowest BCUT2D eigenvalue weighted by Gasteiger charge is -2.22. The molecule has 1 aromatic carbocycles. The molecule has 0 aromatic heterocycles. The third kappa shape index (κ3) is 2.89. The molecule has 0 spiro atoms. The molecule has 0 bridgehead atoms. The highest BCUT2D eigenvalue weighted by Crippen LogP contribution is 2.45. The second kappa shape index (κ2) is 6.39. The summed E-state index contributed by atoms with van der Waals surface area (Å²) < 4.78 is 0. The normalized spacial score (nSPS) is 23.0. The minimum Gasteiger partial charge on any atom is -0.391 e. The second-order valence-corrected chi connectivity index (χ2v) is 7.33. The maximum Gasteiger partial charge on any atom is 0.0237 e. The van der Waals surface area contributed by atoms with Gasteiger partial charge in [-0.3, -0.25) is 0 Å². The molecule has 0 heterocycles. The van der Waals surface area contributed by atoms with E-state index in [4.69, 9.17) is 0 Å². The topological polar surface area (TPSA) is 12.0 Å².